The molecule has 0 aromatic heterocycles. The second-order valence-corrected chi connectivity index (χ2v) is 3.09. The lowest BCUT2D eigenvalue weighted by molar-refractivity contribution is -0.143. The first-order valence-electron chi connectivity index (χ1n) is 5.07. The molecule has 0 bridgehead atoms. The SMILES string of the molecule is CCOC(=O)C(=CNc1ccccc1)C(=O)O. The maximum absolute atomic E-state index is 11.3. The maximum atomic E-state index is 11.3. The van der Waals surface area contributed by atoms with Gasteiger partial charge in [0.15, 0.2) is 5.57 Å². The van der Waals surface area contributed by atoms with E-state index in [0.29, 0.717) is 5.69 Å². The van der Waals surface area contributed by atoms with E-state index in [0.717, 1.165) is 6.20 Å². The Morgan fingerprint density at radius 1 is 1.35 bits per heavy atom. The van der Waals surface area contributed by atoms with Crippen LogP contribution in [0.5, 0.6) is 0 Å². The summed E-state index contributed by atoms with van der Waals surface area (Å²) in [5.41, 5.74) is 0.256. The highest BCUT2D eigenvalue weighted by atomic mass is 16.5. The van der Waals surface area contributed by atoms with Crippen molar-refractivity contribution in [2.24, 2.45) is 0 Å². The van der Waals surface area contributed by atoms with E-state index >= 15 is 0 Å². The van der Waals surface area contributed by atoms with Gasteiger partial charge in [0.1, 0.15) is 0 Å². The van der Waals surface area contributed by atoms with Crippen molar-refractivity contribution in [2.75, 3.05) is 11.9 Å². The van der Waals surface area contributed by atoms with Gasteiger partial charge in [-0.2, -0.15) is 0 Å². The number of ether oxygens (including phenoxy) is 1. The molecule has 5 heteroatoms. The van der Waals surface area contributed by atoms with Crippen LogP contribution in [-0.2, 0) is 14.3 Å². The molecule has 0 aliphatic carbocycles. The molecule has 0 saturated heterocycles. The minimum absolute atomic E-state index is 0.134. The molecule has 5 nitrogen and oxygen atoms in total. The Morgan fingerprint density at radius 2 is 2.00 bits per heavy atom. The van der Waals surface area contributed by atoms with Gasteiger partial charge in [0.2, 0.25) is 0 Å². The third-order valence-electron chi connectivity index (χ3n) is 1.88. The van der Waals surface area contributed by atoms with Crippen LogP contribution in [0.3, 0.4) is 0 Å². The highest BCUT2D eigenvalue weighted by Crippen LogP contribution is 2.07. The number of carbonyl (C=O) groups is 2. The minimum Gasteiger partial charge on any atom is -0.477 e. The average molecular weight is 235 g/mol. The molecule has 0 fully saturated rings. The second kappa shape index (κ2) is 6.32. The molecule has 0 radical (unpaired) electrons. The molecular weight excluding hydrogens is 222 g/mol. The van der Waals surface area contributed by atoms with Crippen molar-refractivity contribution in [3.8, 4) is 0 Å². The molecule has 0 amide bonds. The summed E-state index contributed by atoms with van der Waals surface area (Å²) in [5, 5.41) is 11.6. The van der Waals surface area contributed by atoms with E-state index in [1.165, 1.54) is 0 Å². The standard InChI is InChI=1S/C12H13NO4/c1-2-17-12(16)10(11(14)15)8-13-9-6-4-3-5-7-9/h3-8,13H,2H2,1H3,(H,14,15). The molecule has 0 aliphatic rings. The summed E-state index contributed by atoms with van der Waals surface area (Å²) in [6, 6.07) is 8.92. The summed E-state index contributed by atoms with van der Waals surface area (Å²) in [5.74, 6) is -2.18. The van der Waals surface area contributed by atoms with Gasteiger partial charge in [0.25, 0.3) is 0 Å². The molecule has 90 valence electrons. The first kappa shape index (κ1) is 12.8. The molecular formula is C12H13NO4. The van der Waals surface area contributed by atoms with Crippen LogP contribution in [0.1, 0.15) is 6.92 Å². The highest BCUT2D eigenvalue weighted by Gasteiger charge is 2.18. The number of hydrogen-bond acceptors (Lipinski definition) is 4. The highest BCUT2D eigenvalue weighted by molar-refractivity contribution is 6.13. The zero-order valence-corrected chi connectivity index (χ0v) is 9.34. The van der Waals surface area contributed by atoms with Crippen LogP contribution in [0.25, 0.3) is 0 Å². The quantitative estimate of drug-likeness (QED) is 0.351. The van der Waals surface area contributed by atoms with E-state index in [4.69, 9.17) is 5.11 Å². The van der Waals surface area contributed by atoms with Crippen molar-refractivity contribution >= 4 is 17.6 Å². The third kappa shape index (κ3) is 3.98. The number of carboxylic acids is 1. The molecule has 0 unspecified atom stereocenters. The van der Waals surface area contributed by atoms with E-state index in [1.807, 2.05) is 6.07 Å². The second-order valence-electron chi connectivity index (χ2n) is 3.09. The number of benzene rings is 1. The van der Waals surface area contributed by atoms with Crippen LogP contribution >= 0.6 is 0 Å². The Labute approximate surface area is 98.7 Å². The number of para-hydroxylation sites is 1. The van der Waals surface area contributed by atoms with Crippen molar-refractivity contribution in [3.63, 3.8) is 0 Å². The van der Waals surface area contributed by atoms with Gasteiger partial charge in [-0.3, -0.25) is 0 Å². The van der Waals surface area contributed by atoms with Crippen LogP contribution in [-0.4, -0.2) is 23.7 Å². The molecule has 0 heterocycles. The molecule has 1 aromatic carbocycles. The van der Waals surface area contributed by atoms with E-state index < -0.39 is 17.5 Å². The summed E-state index contributed by atoms with van der Waals surface area (Å²) in [4.78, 5) is 22.1. The van der Waals surface area contributed by atoms with Gasteiger partial charge in [-0.15, -0.1) is 0 Å². The smallest absolute Gasteiger partial charge is 0.347 e. The van der Waals surface area contributed by atoms with Gasteiger partial charge in [0.05, 0.1) is 6.61 Å². The van der Waals surface area contributed by atoms with Gasteiger partial charge in [-0.25, -0.2) is 9.59 Å². The van der Waals surface area contributed by atoms with E-state index in [-0.39, 0.29) is 6.61 Å². The largest absolute Gasteiger partial charge is 0.477 e. The fraction of sp³-hybridized carbons (Fsp3) is 0.167. The van der Waals surface area contributed by atoms with Gasteiger partial charge in [0, 0.05) is 11.9 Å². The summed E-state index contributed by atoms with van der Waals surface area (Å²) in [6.07, 6.45) is 1.12. The van der Waals surface area contributed by atoms with Crippen molar-refractivity contribution in [1.29, 1.82) is 0 Å². The topological polar surface area (TPSA) is 75.6 Å². The Morgan fingerprint density at radius 3 is 2.53 bits per heavy atom. The maximum Gasteiger partial charge on any atom is 0.347 e. The zero-order valence-electron chi connectivity index (χ0n) is 9.34. The third-order valence-corrected chi connectivity index (χ3v) is 1.88. The first-order valence-corrected chi connectivity index (χ1v) is 5.07. The molecule has 1 aromatic rings. The fourth-order valence-electron chi connectivity index (χ4n) is 1.11. The van der Waals surface area contributed by atoms with Crippen molar-refractivity contribution < 1.29 is 19.4 Å². The number of esters is 1. The van der Waals surface area contributed by atoms with Crippen molar-refractivity contribution in [1.82, 2.24) is 0 Å². The number of hydrogen-bond donors (Lipinski definition) is 2. The van der Waals surface area contributed by atoms with Crippen LogP contribution < -0.4 is 5.32 Å². The monoisotopic (exact) mass is 235 g/mol. The summed E-state index contributed by atoms with van der Waals surface area (Å²) >= 11 is 0. The van der Waals surface area contributed by atoms with Gasteiger partial charge >= 0.3 is 11.9 Å². The van der Waals surface area contributed by atoms with Crippen LogP contribution in [0.15, 0.2) is 42.1 Å². The minimum atomic E-state index is -1.33. The lowest BCUT2D eigenvalue weighted by Crippen LogP contribution is -2.16. The average Bonchev–Trinajstić information content (AvgIpc) is 2.30. The normalized spacial score (nSPS) is 10.8. The first-order chi connectivity index (χ1) is 8.15. The predicted molar refractivity (Wildman–Crippen MR) is 62.4 cm³/mol. The molecule has 2 N–H and O–H groups in total. The van der Waals surface area contributed by atoms with Crippen molar-refractivity contribution in [2.45, 2.75) is 6.92 Å². The van der Waals surface area contributed by atoms with E-state index in [1.54, 1.807) is 31.2 Å². The molecule has 0 spiro atoms. The molecule has 1 rings (SSSR count). The lowest BCUT2D eigenvalue weighted by atomic mass is 10.3. The van der Waals surface area contributed by atoms with Gasteiger partial charge in [-0.05, 0) is 19.1 Å². The number of nitrogens with one attached hydrogen (secondary N) is 1. The number of carbonyl (C=O) groups excluding carboxylic acids is 1. The van der Waals surface area contributed by atoms with Gasteiger partial charge < -0.3 is 15.2 Å². The summed E-state index contributed by atoms with van der Waals surface area (Å²) in [7, 11) is 0. The number of carboxylic acid groups (broad SMARTS) is 1. The molecule has 0 atom stereocenters. The number of anilines is 1. The Kier molecular flexibility index (Phi) is 4.75. The molecule has 17 heavy (non-hydrogen) atoms. The lowest BCUT2D eigenvalue weighted by Gasteiger charge is -2.04. The van der Waals surface area contributed by atoms with Crippen molar-refractivity contribution in [3.05, 3.63) is 42.1 Å². The molecule has 0 saturated carbocycles. The van der Waals surface area contributed by atoms with Gasteiger partial charge in [-0.1, -0.05) is 18.2 Å². The molecule has 0 aliphatic heterocycles. The number of aliphatic carboxylic acids is 1. The summed E-state index contributed by atoms with van der Waals surface area (Å²) in [6.45, 7) is 1.75. The van der Waals surface area contributed by atoms with E-state index in [2.05, 4.69) is 10.1 Å². The Bertz CT molecular complexity index is 425. The summed E-state index contributed by atoms with van der Waals surface area (Å²) < 4.78 is 4.63. The Balaban J connectivity index is 2.78. The van der Waals surface area contributed by atoms with Crippen LogP contribution in [0, 0.1) is 0 Å². The Hall–Kier alpha value is -2.30. The fourth-order valence-corrected chi connectivity index (χ4v) is 1.11. The van der Waals surface area contributed by atoms with Crippen LogP contribution in [0.2, 0.25) is 0 Å². The predicted octanol–water partition coefficient (Wildman–Crippen LogP) is 1.63. The zero-order chi connectivity index (χ0) is 12.7. The van der Waals surface area contributed by atoms with Crippen LogP contribution in [0.4, 0.5) is 5.69 Å². The van der Waals surface area contributed by atoms with E-state index in [9.17, 15) is 9.59 Å². The number of rotatable bonds is 5.